The van der Waals surface area contributed by atoms with E-state index in [0.717, 1.165) is 37.9 Å². The molecule has 0 radical (unpaired) electrons. The molecule has 0 aromatic carbocycles. The Balaban J connectivity index is 0.000000735. The molecule has 4 nitrogen and oxygen atoms in total. The quantitative estimate of drug-likeness (QED) is 0.297. The Morgan fingerprint density at radius 2 is 1.38 bits per heavy atom. The van der Waals surface area contributed by atoms with Gasteiger partial charge in [-0.1, -0.05) is 71.1 Å². The Hall–Kier alpha value is -0.900. The van der Waals surface area contributed by atoms with E-state index in [9.17, 15) is 9.59 Å². The Bertz CT molecular complexity index is 325. The van der Waals surface area contributed by atoms with Gasteiger partial charge < -0.3 is 14.8 Å². The minimum atomic E-state index is -0.673. The average molecular weight is 370 g/mol. The monoisotopic (exact) mass is 369 g/mol. The van der Waals surface area contributed by atoms with Crippen molar-refractivity contribution in [1.82, 2.24) is 4.90 Å². The van der Waals surface area contributed by atoms with Gasteiger partial charge in [0.05, 0.1) is 0 Å². The first-order valence-corrected chi connectivity index (χ1v) is 10.9. The predicted molar refractivity (Wildman–Crippen MR) is 110 cm³/mol. The number of nitrogens with zero attached hydrogens (tertiary/aromatic N) is 1. The van der Waals surface area contributed by atoms with Crippen molar-refractivity contribution in [3.8, 4) is 0 Å². The molecule has 0 bridgehead atoms. The number of rotatable bonds is 15. The van der Waals surface area contributed by atoms with Gasteiger partial charge in [-0.3, -0.25) is 4.79 Å². The molecule has 1 heterocycles. The van der Waals surface area contributed by atoms with Crippen molar-refractivity contribution in [3.63, 3.8) is 0 Å². The Morgan fingerprint density at radius 1 is 0.923 bits per heavy atom. The standard InChI is InChI=1S/C16H30O3.C6H13N/c17-15-13-11-9-7-5-3-1-2-4-6-8-10-12-14-16(18)19;1-6-3-4-7(2)5-6/h15H,1-14H2,(H,18,19);6H,3-5H2,1-2H3. The highest BCUT2D eigenvalue weighted by Gasteiger charge is 2.13. The minimum absolute atomic E-state index is 0.324. The molecule has 1 unspecified atom stereocenters. The largest absolute Gasteiger partial charge is 0.481 e. The number of carbonyl (C=O) groups excluding carboxylic acids is 1. The molecule has 1 atom stereocenters. The van der Waals surface area contributed by atoms with Crippen LogP contribution >= 0.6 is 0 Å². The summed E-state index contributed by atoms with van der Waals surface area (Å²) in [6, 6.07) is 0. The molecule has 0 aromatic rings. The molecule has 0 aliphatic carbocycles. The number of aliphatic carboxylic acids is 1. The second kappa shape index (κ2) is 18.9. The van der Waals surface area contributed by atoms with Crippen LogP contribution in [0.15, 0.2) is 0 Å². The fourth-order valence-corrected chi connectivity index (χ4v) is 3.43. The maximum absolute atomic E-state index is 10.3. The van der Waals surface area contributed by atoms with Gasteiger partial charge in [0.15, 0.2) is 0 Å². The van der Waals surface area contributed by atoms with E-state index in [0.29, 0.717) is 6.42 Å². The third-order valence-corrected chi connectivity index (χ3v) is 5.09. The van der Waals surface area contributed by atoms with Crippen LogP contribution in [0, 0.1) is 5.92 Å². The van der Waals surface area contributed by atoms with Crippen LogP contribution in [-0.4, -0.2) is 42.4 Å². The molecule has 0 spiro atoms. The zero-order valence-corrected chi connectivity index (χ0v) is 17.4. The first-order chi connectivity index (χ1) is 12.6. The molecule has 154 valence electrons. The Kier molecular flexibility index (Phi) is 18.2. The van der Waals surface area contributed by atoms with Gasteiger partial charge in [0.2, 0.25) is 0 Å². The van der Waals surface area contributed by atoms with Gasteiger partial charge in [-0.05, 0) is 38.8 Å². The Labute approximate surface area is 161 Å². The smallest absolute Gasteiger partial charge is 0.303 e. The van der Waals surface area contributed by atoms with Crippen LogP contribution in [0.3, 0.4) is 0 Å². The molecule has 1 saturated heterocycles. The summed E-state index contributed by atoms with van der Waals surface area (Å²) in [6.07, 6.45) is 17.8. The number of carboxylic acids is 1. The molecule has 1 fully saturated rings. The second-order valence-electron chi connectivity index (χ2n) is 8.00. The van der Waals surface area contributed by atoms with E-state index in [1.807, 2.05) is 0 Å². The van der Waals surface area contributed by atoms with Crippen LogP contribution in [0.5, 0.6) is 0 Å². The highest BCUT2D eigenvalue weighted by molar-refractivity contribution is 5.66. The zero-order valence-electron chi connectivity index (χ0n) is 17.4. The van der Waals surface area contributed by atoms with Crippen molar-refractivity contribution in [2.75, 3.05) is 20.1 Å². The topological polar surface area (TPSA) is 57.6 Å². The highest BCUT2D eigenvalue weighted by Crippen LogP contribution is 2.13. The number of unbranched alkanes of at least 4 members (excludes halogenated alkanes) is 12. The number of aldehydes is 1. The second-order valence-corrected chi connectivity index (χ2v) is 8.00. The lowest BCUT2D eigenvalue weighted by atomic mass is 10.0. The van der Waals surface area contributed by atoms with Crippen molar-refractivity contribution in [2.24, 2.45) is 5.92 Å². The zero-order chi connectivity index (χ0) is 19.5. The Morgan fingerprint density at radius 3 is 1.69 bits per heavy atom. The van der Waals surface area contributed by atoms with E-state index in [2.05, 4.69) is 18.9 Å². The van der Waals surface area contributed by atoms with Crippen molar-refractivity contribution >= 4 is 12.3 Å². The maximum atomic E-state index is 10.3. The molecule has 4 heteroatoms. The summed E-state index contributed by atoms with van der Waals surface area (Å²) in [5.41, 5.74) is 0. The summed E-state index contributed by atoms with van der Waals surface area (Å²) in [5, 5.41) is 8.49. The van der Waals surface area contributed by atoms with Gasteiger partial charge >= 0.3 is 5.97 Å². The molecule has 26 heavy (non-hydrogen) atoms. The molecule has 1 rings (SSSR count). The molecule has 1 aliphatic rings. The van der Waals surface area contributed by atoms with Gasteiger partial charge in [0, 0.05) is 19.4 Å². The molecule has 1 N–H and O–H groups in total. The van der Waals surface area contributed by atoms with Gasteiger partial charge in [0.1, 0.15) is 6.29 Å². The molecule has 0 saturated carbocycles. The van der Waals surface area contributed by atoms with Crippen molar-refractivity contribution in [2.45, 2.75) is 103 Å². The van der Waals surface area contributed by atoms with E-state index in [1.165, 1.54) is 77.3 Å². The number of carbonyl (C=O) groups is 2. The molecule has 0 amide bonds. The SMILES string of the molecule is CC1CCN(C)C1.O=CCCCCCCCCCCCCCCC(=O)O. The lowest BCUT2D eigenvalue weighted by molar-refractivity contribution is -0.137. The van der Waals surface area contributed by atoms with Crippen LogP contribution in [0.1, 0.15) is 103 Å². The number of hydrogen-bond acceptors (Lipinski definition) is 3. The summed E-state index contributed by atoms with van der Waals surface area (Å²) in [7, 11) is 2.18. The lowest BCUT2D eigenvalue weighted by Gasteiger charge is -2.03. The lowest BCUT2D eigenvalue weighted by Crippen LogP contribution is -2.12. The van der Waals surface area contributed by atoms with Crippen LogP contribution in [0.2, 0.25) is 0 Å². The van der Waals surface area contributed by atoms with Crippen LogP contribution in [0.4, 0.5) is 0 Å². The van der Waals surface area contributed by atoms with Gasteiger partial charge in [0.25, 0.3) is 0 Å². The van der Waals surface area contributed by atoms with E-state index in [4.69, 9.17) is 5.11 Å². The fraction of sp³-hybridized carbons (Fsp3) is 0.909. The van der Waals surface area contributed by atoms with Crippen LogP contribution in [-0.2, 0) is 9.59 Å². The van der Waals surface area contributed by atoms with E-state index in [1.54, 1.807) is 0 Å². The molecular weight excluding hydrogens is 326 g/mol. The third-order valence-electron chi connectivity index (χ3n) is 5.09. The predicted octanol–water partition coefficient (Wildman–Crippen LogP) is 5.69. The highest BCUT2D eigenvalue weighted by atomic mass is 16.4. The van der Waals surface area contributed by atoms with Gasteiger partial charge in [-0.15, -0.1) is 0 Å². The molecular formula is C22H43NO3. The van der Waals surface area contributed by atoms with Crippen molar-refractivity contribution < 1.29 is 14.7 Å². The van der Waals surface area contributed by atoms with E-state index in [-0.39, 0.29) is 0 Å². The van der Waals surface area contributed by atoms with E-state index < -0.39 is 5.97 Å². The molecule has 1 aliphatic heterocycles. The van der Waals surface area contributed by atoms with Crippen LogP contribution < -0.4 is 0 Å². The number of hydrogen-bond donors (Lipinski definition) is 1. The fourth-order valence-electron chi connectivity index (χ4n) is 3.43. The van der Waals surface area contributed by atoms with Gasteiger partial charge in [-0.2, -0.15) is 0 Å². The van der Waals surface area contributed by atoms with Crippen molar-refractivity contribution in [1.29, 1.82) is 0 Å². The first-order valence-electron chi connectivity index (χ1n) is 10.9. The minimum Gasteiger partial charge on any atom is -0.481 e. The van der Waals surface area contributed by atoms with E-state index >= 15 is 0 Å². The van der Waals surface area contributed by atoms with Crippen LogP contribution in [0.25, 0.3) is 0 Å². The summed E-state index contributed by atoms with van der Waals surface area (Å²) >= 11 is 0. The average Bonchev–Trinajstić information content (AvgIpc) is 2.98. The first kappa shape index (κ1) is 25.1. The number of likely N-dealkylation sites (tertiary alicyclic amines) is 1. The van der Waals surface area contributed by atoms with Gasteiger partial charge in [-0.25, -0.2) is 0 Å². The third kappa shape index (κ3) is 19.4. The normalized spacial score (nSPS) is 16.9. The molecule has 0 aromatic heterocycles. The summed E-state index contributed by atoms with van der Waals surface area (Å²) in [6.45, 7) is 4.92. The summed E-state index contributed by atoms with van der Waals surface area (Å²) < 4.78 is 0. The summed E-state index contributed by atoms with van der Waals surface area (Å²) in [5.74, 6) is 0.276. The maximum Gasteiger partial charge on any atom is 0.303 e. The van der Waals surface area contributed by atoms with Crippen molar-refractivity contribution in [3.05, 3.63) is 0 Å². The number of carboxylic acid groups (broad SMARTS) is 1. The summed E-state index contributed by atoms with van der Waals surface area (Å²) in [4.78, 5) is 22.8.